The van der Waals surface area contributed by atoms with Gasteiger partial charge in [0.05, 0.1) is 11.6 Å². The largest absolute Gasteiger partial charge is 0.282 e. The Morgan fingerprint density at radius 2 is 2.23 bits per heavy atom. The molecule has 3 heterocycles. The molecule has 0 fully saturated rings. The van der Waals surface area contributed by atoms with Gasteiger partial charge in [-0.3, -0.25) is 9.78 Å². The molecule has 0 bridgehead atoms. The fourth-order valence-electron chi connectivity index (χ4n) is 2.80. The Balaban J connectivity index is 1.81. The summed E-state index contributed by atoms with van der Waals surface area (Å²) in [5.74, 6) is 0. The van der Waals surface area contributed by atoms with Crippen molar-refractivity contribution in [3.05, 3.63) is 57.2 Å². The number of aromatic nitrogens is 3. The van der Waals surface area contributed by atoms with Gasteiger partial charge in [-0.25, -0.2) is 4.98 Å². The molecule has 0 aromatic carbocycles. The summed E-state index contributed by atoms with van der Waals surface area (Å²) in [4.78, 5) is 23.3. The molecule has 0 radical (unpaired) electrons. The number of hydrogen-bond donors (Lipinski definition) is 0. The van der Waals surface area contributed by atoms with E-state index in [1.165, 1.54) is 27.9 Å². The molecule has 3 aromatic rings. The van der Waals surface area contributed by atoms with E-state index in [4.69, 9.17) is 0 Å². The minimum atomic E-state index is -0.0791. The third kappa shape index (κ3) is 2.25. The lowest BCUT2D eigenvalue weighted by molar-refractivity contribution is 0.699. The highest BCUT2D eigenvalue weighted by Gasteiger charge is 2.19. The van der Waals surface area contributed by atoms with Crippen LogP contribution in [0.25, 0.3) is 10.2 Å². The molecular weight excluding hydrogens is 296 g/mol. The molecule has 4 rings (SSSR count). The van der Waals surface area contributed by atoms with Crippen LogP contribution in [-0.4, -0.2) is 20.9 Å². The van der Waals surface area contributed by atoms with Gasteiger partial charge in [-0.1, -0.05) is 6.07 Å². The van der Waals surface area contributed by atoms with Crippen molar-refractivity contribution in [2.24, 2.45) is 5.10 Å². The van der Waals surface area contributed by atoms with E-state index >= 15 is 0 Å². The summed E-state index contributed by atoms with van der Waals surface area (Å²) in [6.45, 7) is 0. The van der Waals surface area contributed by atoms with Crippen LogP contribution < -0.4 is 5.56 Å². The second kappa shape index (κ2) is 5.46. The highest BCUT2D eigenvalue weighted by atomic mass is 32.1. The van der Waals surface area contributed by atoms with Crippen LogP contribution in [0, 0.1) is 0 Å². The number of aryl methyl sites for hydroxylation is 2. The number of pyridine rings is 1. The third-order valence-corrected chi connectivity index (χ3v) is 5.07. The van der Waals surface area contributed by atoms with Crippen LogP contribution >= 0.6 is 11.3 Å². The summed E-state index contributed by atoms with van der Waals surface area (Å²) < 4.78 is 1.32. The molecule has 0 N–H and O–H groups in total. The van der Waals surface area contributed by atoms with Crippen LogP contribution in [0.3, 0.4) is 0 Å². The van der Waals surface area contributed by atoms with E-state index in [0.717, 1.165) is 35.0 Å². The number of rotatable bonds is 2. The average molecular weight is 310 g/mol. The second-order valence-corrected chi connectivity index (χ2v) is 6.40. The Kier molecular flexibility index (Phi) is 3.31. The average Bonchev–Trinajstić information content (AvgIpc) is 2.94. The first-order chi connectivity index (χ1) is 10.8. The maximum absolute atomic E-state index is 12.7. The quantitative estimate of drug-likeness (QED) is 0.684. The van der Waals surface area contributed by atoms with Gasteiger partial charge in [0.1, 0.15) is 11.2 Å². The second-order valence-electron chi connectivity index (χ2n) is 5.32. The van der Waals surface area contributed by atoms with Gasteiger partial charge in [0, 0.05) is 22.8 Å². The van der Waals surface area contributed by atoms with Crippen molar-refractivity contribution in [2.45, 2.75) is 25.7 Å². The van der Waals surface area contributed by atoms with Crippen molar-refractivity contribution in [1.82, 2.24) is 14.6 Å². The summed E-state index contributed by atoms with van der Waals surface area (Å²) in [5, 5.41) is 4.99. The Hall–Kier alpha value is -2.34. The first-order valence-corrected chi connectivity index (χ1v) is 8.11. The zero-order valence-electron chi connectivity index (χ0n) is 11.9. The molecule has 0 saturated carbocycles. The number of fused-ring (bicyclic) bond motifs is 3. The molecule has 0 atom stereocenters. The smallest absolute Gasteiger partial charge is 0.267 e. The van der Waals surface area contributed by atoms with Gasteiger partial charge < -0.3 is 0 Å². The van der Waals surface area contributed by atoms with Crippen molar-refractivity contribution < 1.29 is 0 Å². The molecule has 110 valence electrons. The first-order valence-electron chi connectivity index (χ1n) is 7.29. The Morgan fingerprint density at radius 3 is 3.09 bits per heavy atom. The number of thiophene rings is 1. The maximum atomic E-state index is 12.7. The van der Waals surface area contributed by atoms with Crippen molar-refractivity contribution in [1.29, 1.82) is 0 Å². The maximum Gasteiger partial charge on any atom is 0.282 e. The lowest BCUT2D eigenvalue weighted by Crippen LogP contribution is -2.18. The van der Waals surface area contributed by atoms with E-state index in [2.05, 4.69) is 15.1 Å². The minimum Gasteiger partial charge on any atom is -0.267 e. The van der Waals surface area contributed by atoms with Crippen LogP contribution in [0.15, 0.2) is 40.7 Å². The monoisotopic (exact) mass is 310 g/mol. The fraction of sp³-hybridized carbons (Fsp3) is 0.250. The predicted octanol–water partition coefficient (Wildman–Crippen LogP) is 2.61. The molecule has 1 aliphatic rings. The van der Waals surface area contributed by atoms with Crippen LogP contribution in [0.4, 0.5) is 0 Å². The summed E-state index contributed by atoms with van der Waals surface area (Å²) in [7, 11) is 0. The summed E-state index contributed by atoms with van der Waals surface area (Å²) in [6.07, 6.45) is 10.9. The van der Waals surface area contributed by atoms with Crippen molar-refractivity contribution in [2.75, 3.05) is 0 Å². The van der Waals surface area contributed by atoms with Crippen LogP contribution in [-0.2, 0) is 12.8 Å². The SMILES string of the molecule is O=c1c2c3c(sc2ncn1/N=C\c1cccnc1)CCCC3. The molecule has 3 aromatic heterocycles. The fourth-order valence-corrected chi connectivity index (χ4v) is 4.02. The lowest BCUT2D eigenvalue weighted by Gasteiger charge is -2.09. The van der Waals surface area contributed by atoms with E-state index in [0.29, 0.717) is 0 Å². The standard InChI is InChI=1S/C16H14N4OS/c21-16-14-12-5-1-2-6-13(12)22-15(14)18-10-20(16)19-9-11-4-3-7-17-8-11/h3-4,7-10H,1-2,5-6H2/b19-9-. The molecule has 6 heteroatoms. The Labute approximate surface area is 131 Å². The summed E-state index contributed by atoms with van der Waals surface area (Å²) >= 11 is 1.65. The molecular formula is C16H14N4OS. The van der Waals surface area contributed by atoms with Crippen LogP contribution in [0.5, 0.6) is 0 Å². The number of hydrogen-bond acceptors (Lipinski definition) is 5. The molecule has 0 aliphatic heterocycles. The number of nitrogens with zero attached hydrogens (tertiary/aromatic N) is 4. The van der Waals surface area contributed by atoms with E-state index in [1.807, 2.05) is 12.1 Å². The summed E-state index contributed by atoms with van der Waals surface area (Å²) in [6, 6.07) is 3.72. The predicted molar refractivity (Wildman–Crippen MR) is 87.8 cm³/mol. The zero-order chi connectivity index (χ0) is 14.9. The van der Waals surface area contributed by atoms with Crippen LogP contribution in [0.2, 0.25) is 0 Å². The topological polar surface area (TPSA) is 60.1 Å². The van der Waals surface area contributed by atoms with E-state index in [-0.39, 0.29) is 5.56 Å². The van der Waals surface area contributed by atoms with E-state index < -0.39 is 0 Å². The van der Waals surface area contributed by atoms with Gasteiger partial charge in [-0.05, 0) is 37.3 Å². The molecule has 0 spiro atoms. The molecule has 0 saturated heterocycles. The van der Waals surface area contributed by atoms with E-state index in [1.54, 1.807) is 29.9 Å². The Bertz CT molecular complexity index is 911. The highest BCUT2D eigenvalue weighted by Crippen LogP contribution is 2.33. The minimum absolute atomic E-state index is 0.0791. The molecule has 5 nitrogen and oxygen atoms in total. The molecule has 22 heavy (non-hydrogen) atoms. The van der Waals surface area contributed by atoms with Gasteiger partial charge >= 0.3 is 0 Å². The van der Waals surface area contributed by atoms with Gasteiger partial charge in [-0.15, -0.1) is 11.3 Å². The van der Waals surface area contributed by atoms with Gasteiger partial charge in [-0.2, -0.15) is 9.78 Å². The van der Waals surface area contributed by atoms with Crippen LogP contribution in [0.1, 0.15) is 28.8 Å². The third-order valence-electron chi connectivity index (χ3n) is 3.87. The molecule has 1 aliphatic carbocycles. The molecule has 0 amide bonds. The van der Waals surface area contributed by atoms with Gasteiger partial charge in [0.15, 0.2) is 0 Å². The Morgan fingerprint density at radius 1 is 1.32 bits per heavy atom. The van der Waals surface area contributed by atoms with Gasteiger partial charge in [0.25, 0.3) is 5.56 Å². The molecule has 0 unspecified atom stereocenters. The van der Waals surface area contributed by atoms with Crippen molar-refractivity contribution in [3.63, 3.8) is 0 Å². The van der Waals surface area contributed by atoms with Crippen molar-refractivity contribution >= 4 is 27.8 Å². The van der Waals surface area contributed by atoms with Gasteiger partial charge in [0.2, 0.25) is 0 Å². The zero-order valence-corrected chi connectivity index (χ0v) is 12.7. The lowest BCUT2D eigenvalue weighted by atomic mass is 9.97. The highest BCUT2D eigenvalue weighted by molar-refractivity contribution is 7.18. The first kappa shape index (κ1) is 13.3. The summed E-state index contributed by atoms with van der Waals surface area (Å²) in [5.41, 5.74) is 1.96. The van der Waals surface area contributed by atoms with Crippen molar-refractivity contribution in [3.8, 4) is 0 Å². The normalized spacial score (nSPS) is 14.5. The van der Waals surface area contributed by atoms with E-state index in [9.17, 15) is 4.79 Å².